The van der Waals surface area contributed by atoms with Gasteiger partial charge in [0.2, 0.25) is 0 Å². The third kappa shape index (κ3) is 5.44. The van der Waals surface area contributed by atoms with Gasteiger partial charge in [-0.2, -0.15) is 0 Å². The molecule has 0 saturated heterocycles. The molecule has 0 amide bonds. The summed E-state index contributed by atoms with van der Waals surface area (Å²) in [5, 5.41) is 0. The maximum atomic E-state index is 14.0. The summed E-state index contributed by atoms with van der Waals surface area (Å²) in [5.74, 6) is -0.225. The molecule has 0 aliphatic heterocycles. The van der Waals surface area contributed by atoms with Gasteiger partial charge in [0.1, 0.15) is 5.54 Å². The Morgan fingerprint density at radius 1 is 0.647 bits per heavy atom. The molecule has 4 aromatic carbocycles. The summed E-state index contributed by atoms with van der Waals surface area (Å²) >= 11 is 0. The van der Waals surface area contributed by atoms with Gasteiger partial charge >= 0.3 is 5.97 Å². The lowest BCUT2D eigenvalue weighted by Gasteiger charge is -2.43. The fourth-order valence-corrected chi connectivity index (χ4v) is 4.50. The van der Waals surface area contributed by atoms with Crippen molar-refractivity contribution < 1.29 is 9.53 Å². The molecule has 0 spiro atoms. The van der Waals surface area contributed by atoms with Crippen molar-refractivity contribution in [1.82, 2.24) is 4.90 Å². The van der Waals surface area contributed by atoms with Crippen LogP contribution in [0.1, 0.15) is 29.2 Å². The van der Waals surface area contributed by atoms with E-state index >= 15 is 0 Å². The minimum Gasteiger partial charge on any atom is -0.464 e. The van der Waals surface area contributed by atoms with E-state index < -0.39 is 5.54 Å². The van der Waals surface area contributed by atoms with Gasteiger partial charge in [-0.05, 0) is 29.2 Å². The normalized spacial score (nSPS) is 12.8. The first kappa shape index (κ1) is 23.5. The maximum absolute atomic E-state index is 14.0. The van der Waals surface area contributed by atoms with Crippen molar-refractivity contribution in [2.45, 2.75) is 32.0 Å². The van der Waals surface area contributed by atoms with Crippen molar-refractivity contribution in [3.05, 3.63) is 144 Å². The third-order valence-corrected chi connectivity index (χ3v) is 6.14. The minimum absolute atomic E-state index is 0.225. The predicted molar refractivity (Wildman–Crippen MR) is 137 cm³/mol. The van der Waals surface area contributed by atoms with Crippen LogP contribution >= 0.6 is 0 Å². The van der Waals surface area contributed by atoms with Crippen molar-refractivity contribution in [1.29, 1.82) is 0 Å². The molecule has 0 bridgehead atoms. The van der Waals surface area contributed by atoms with Gasteiger partial charge in [-0.3, -0.25) is 4.90 Å². The largest absolute Gasteiger partial charge is 0.464 e. The zero-order chi connectivity index (χ0) is 23.6. The molecule has 4 aromatic rings. The molecule has 3 nitrogen and oxygen atoms in total. The van der Waals surface area contributed by atoms with Crippen LogP contribution in [0.15, 0.2) is 121 Å². The molecule has 0 fully saturated rings. The third-order valence-electron chi connectivity index (χ3n) is 6.14. The van der Waals surface area contributed by atoms with Crippen LogP contribution in [-0.4, -0.2) is 17.5 Å². The first-order valence-electron chi connectivity index (χ1n) is 11.8. The monoisotopic (exact) mass is 449 g/mol. The van der Waals surface area contributed by atoms with Gasteiger partial charge in [0.05, 0.1) is 6.61 Å². The van der Waals surface area contributed by atoms with E-state index in [-0.39, 0.29) is 5.97 Å². The Hall–Kier alpha value is -3.69. The molecular weight excluding hydrogens is 418 g/mol. The average Bonchev–Trinajstić information content (AvgIpc) is 2.89. The van der Waals surface area contributed by atoms with Gasteiger partial charge in [-0.15, -0.1) is 0 Å². The summed E-state index contributed by atoms with van der Waals surface area (Å²) in [5.41, 5.74) is 3.33. The van der Waals surface area contributed by atoms with Crippen LogP contribution in [0.25, 0.3) is 0 Å². The first-order chi connectivity index (χ1) is 16.7. The lowest BCUT2D eigenvalue weighted by atomic mass is 9.81. The molecule has 4 rings (SSSR count). The molecule has 1 unspecified atom stereocenters. The predicted octanol–water partition coefficient (Wildman–Crippen LogP) is 6.39. The molecule has 0 N–H and O–H groups in total. The van der Waals surface area contributed by atoms with E-state index in [1.807, 2.05) is 91.9 Å². The summed E-state index contributed by atoms with van der Waals surface area (Å²) in [4.78, 5) is 16.3. The zero-order valence-electron chi connectivity index (χ0n) is 19.6. The van der Waals surface area contributed by atoms with Crippen LogP contribution < -0.4 is 0 Å². The molecule has 0 aliphatic carbocycles. The summed E-state index contributed by atoms with van der Waals surface area (Å²) in [6.07, 6.45) is 0.510. The molecule has 0 aliphatic rings. The Balaban J connectivity index is 1.90. The number of hydrogen-bond donors (Lipinski definition) is 0. The highest BCUT2D eigenvalue weighted by Gasteiger charge is 2.47. The number of rotatable bonds is 10. The van der Waals surface area contributed by atoms with E-state index in [9.17, 15) is 4.79 Å². The van der Waals surface area contributed by atoms with E-state index in [1.54, 1.807) is 0 Å². The maximum Gasteiger partial charge on any atom is 0.331 e. The first-order valence-corrected chi connectivity index (χ1v) is 11.8. The molecule has 0 saturated carbocycles. The Kier molecular flexibility index (Phi) is 7.90. The second-order valence-corrected chi connectivity index (χ2v) is 8.44. The highest BCUT2D eigenvalue weighted by atomic mass is 16.5. The number of ether oxygens (including phenoxy) is 1. The Morgan fingerprint density at radius 3 is 1.50 bits per heavy atom. The van der Waals surface area contributed by atoms with Gasteiger partial charge in [0, 0.05) is 19.5 Å². The van der Waals surface area contributed by atoms with Crippen LogP contribution in [0.5, 0.6) is 0 Å². The van der Waals surface area contributed by atoms with E-state index in [0.29, 0.717) is 26.1 Å². The number of carbonyl (C=O) groups is 1. The van der Waals surface area contributed by atoms with Gasteiger partial charge < -0.3 is 4.74 Å². The SMILES string of the molecule is CCOC(=O)C(Cc1ccccc1)(c1ccccc1)N(Cc1ccccc1)Cc1ccccc1. The molecule has 34 heavy (non-hydrogen) atoms. The van der Waals surface area contributed by atoms with E-state index in [0.717, 1.165) is 22.3 Å². The Morgan fingerprint density at radius 2 is 1.06 bits per heavy atom. The van der Waals surface area contributed by atoms with Crippen LogP contribution in [-0.2, 0) is 34.6 Å². The highest BCUT2D eigenvalue weighted by Crippen LogP contribution is 2.37. The van der Waals surface area contributed by atoms with Crippen molar-refractivity contribution in [3.8, 4) is 0 Å². The van der Waals surface area contributed by atoms with Gasteiger partial charge in [-0.1, -0.05) is 121 Å². The Labute approximate surface area is 202 Å². The average molecular weight is 450 g/mol. The molecule has 3 heteroatoms. The molecule has 172 valence electrons. The lowest BCUT2D eigenvalue weighted by Crippen LogP contribution is -2.53. The van der Waals surface area contributed by atoms with Crippen molar-refractivity contribution in [2.75, 3.05) is 6.61 Å². The van der Waals surface area contributed by atoms with Crippen molar-refractivity contribution >= 4 is 5.97 Å². The molecular formula is C31H31NO2. The van der Waals surface area contributed by atoms with E-state index in [4.69, 9.17) is 4.74 Å². The molecule has 1 atom stereocenters. The van der Waals surface area contributed by atoms with E-state index in [1.165, 1.54) is 0 Å². The molecule has 0 aromatic heterocycles. The summed E-state index contributed by atoms with van der Waals surface area (Å²) in [6.45, 7) is 3.41. The molecule has 0 radical (unpaired) electrons. The summed E-state index contributed by atoms with van der Waals surface area (Å²) in [6, 6.07) is 40.9. The van der Waals surface area contributed by atoms with Crippen LogP contribution in [0.4, 0.5) is 0 Å². The van der Waals surface area contributed by atoms with Crippen LogP contribution in [0.2, 0.25) is 0 Å². The fraction of sp³-hybridized carbons (Fsp3) is 0.194. The quantitative estimate of drug-likeness (QED) is 0.263. The summed E-state index contributed by atoms with van der Waals surface area (Å²) < 4.78 is 5.81. The number of esters is 1. The highest BCUT2D eigenvalue weighted by molar-refractivity contribution is 5.83. The van der Waals surface area contributed by atoms with Crippen LogP contribution in [0.3, 0.4) is 0 Å². The van der Waals surface area contributed by atoms with Crippen molar-refractivity contribution in [2.24, 2.45) is 0 Å². The number of benzene rings is 4. The molecule has 0 heterocycles. The second-order valence-electron chi connectivity index (χ2n) is 8.44. The zero-order valence-corrected chi connectivity index (χ0v) is 19.6. The summed E-state index contributed by atoms with van der Waals surface area (Å²) in [7, 11) is 0. The minimum atomic E-state index is -0.996. The van der Waals surface area contributed by atoms with Gasteiger partial charge in [0.15, 0.2) is 0 Å². The standard InChI is InChI=1S/C31H31NO2/c1-2-34-30(33)31(29-21-13-6-14-22-29,23-26-15-7-3-8-16-26)32(24-27-17-9-4-10-18-27)25-28-19-11-5-12-20-28/h3-22H,2,23-25H2,1H3. The van der Waals surface area contributed by atoms with Crippen LogP contribution in [0, 0.1) is 0 Å². The lowest BCUT2D eigenvalue weighted by molar-refractivity contribution is -0.160. The second kappa shape index (κ2) is 11.4. The smallest absolute Gasteiger partial charge is 0.331 e. The van der Waals surface area contributed by atoms with Gasteiger partial charge in [-0.25, -0.2) is 4.79 Å². The number of carbonyl (C=O) groups excluding carboxylic acids is 1. The van der Waals surface area contributed by atoms with Gasteiger partial charge in [0.25, 0.3) is 0 Å². The van der Waals surface area contributed by atoms with E-state index in [2.05, 4.69) is 41.3 Å². The fourth-order valence-electron chi connectivity index (χ4n) is 4.50. The topological polar surface area (TPSA) is 29.5 Å². The number of hydrogen-bond acceptors (Lipinski definition) is 3. The number of nitrogens with zero attached hydrogens (tertiary/aromatic N) is 1. The Bertz CT molecular complexity index is 1110. The van der Waals surface area contributed by atoms with Crippen molar-refractivity contribution in [3.63, 3.8) is 0 Å².